The molecule has 206 valence electrons. The molecule has 1 aliphatic rings. The number of carbonyl (C=O) groups is 3. The Hall–Kier alpha value is -3.65. The minimum absolute atomic E-state index is 0.000834. The van der Waals surface area contributed by atoms with Gasteiger partial charge in [-0.15, -0.1) is 0 Å². The Kier molecular flexibility index (Phi) is 11.5. The lowest BCUT2D eigenvalue weighted by atomic mass is 9.86. The Labute approximate surface area is 225 Å². The van der Waals surface area contributed by atoms with Gasteiger partial charge < -0.3 is 25.2 Å². The van der Waals surface area contributed by atoms with Gasteiger partial charge in [-0.1, -0.05) is 75.8 Å². The van der Waals surface area contributed by atoms with Crippen LogP contribution in [0.1, 0.15) is 46.6 Å². The van der Waals surface area contributed by atoms with E-state index in [9.17, 15) is 19.5 Å². The first-order chi connectivity index (χ1) is 18.0. The van der Waals surface area contributed by atoms with Crippen molar-refractivity contribution in [3.8, 4) is 0 Å². The van der Waals surface area contributed by atoms with Crippen LogP contribution in [0.2, 0.25) is 0 Å². The molecule has 0 saturated carbocycles. The summed E-state index contributed by atoms with van der Waals surface area (Å²) >= 11 is 0. The van der Waals surface area contributed by atoms with Crippen molar-refractivity contribution in [2.24, 2.45) is 11.3 Å². The quantitative estimate of drug-likeness (QED) is 0.227. The van der Waals surface area contributed by atoms with Crippen LogP contribution in [-0.2, 0) is 30.3 Å². The van der Waals surface area contributed by atoms with Crippen LogP contribution in [-0.4, -0.2) is 48.8 Å². The lowest BCUT2D eigenvalue weighted by molar-refractivity contribution is -0.151. The van der Waals surface area contributed by atoms with Crippen LogP contribution in [0.5, 0.6) is 0 Å². The molecule has 2 amide bonds. The predicted molar refractivity (Wildman–Crippen MR) is 148 cm³/mol. The van der Waals surface area contributed by atoms with E-state index >= 15 is 0 Å². The summed E-state index contributed by atoms with van der Waals surface area (Å²) in [4.78, 5) is 37.6. The van der Waals surface area contributed by atoms with Gasteiger partial charge in [-0.3, -0.25) is 9.59 Å². The molecule has 8 heteroatoms. The summed E-state index contributed by atoms with van der Waals surface area (Å²) in [6.07, 6.45) is 11.1. The first kappa shape index (κ1) is 30.6. The lowest BCUT2D eigenvalue weighted by Crippen LogP contribution is -2.51. The van der Waals surface area contributed by atoms with Gasteiger partial charge in [0.15, 0.2) is 5.76 Å². The monoisotopic (exact) mass is 524 g/mol. The molecule has 0 fully saturated rings. The number of benzene rings is 1. The normalized spacial score (nSPS) is 18.1. The van der Waals surface area contributed by atoms with E-state index in [1.165, 1.54) is 13.2 Å². The van der Waals surface area contributed by atoms with E-state index < -0.39 is 23.3 Å². The van der Waals surface area contributed by atoms with E-state index in [0.29, 0.717) is 18.5 Å². The van der Waals surface area contributed by atoms with Gasteiger partial charge in [0.05, 0.1) is 7.11 Å². The average molecular weight is 525 g/mol. The van der Waals surface area contributed by atoms with Crippen molar-refractivity contribution in [2.45, 2.75) is 59.6 Å². The number of anilines is 1. The van der Waals surface area contributed by atoms with Crippen LogP contribution in [0.25, 0.3) is 0 Å². The van der Waals surface area contributed by atoms with Crippen LogP contribution >= 0.6 is 0 Å². The first-order valence-electron chi connectivity index (χ1n) is 12.7. The van der Waals surface area contributed by atoms with Crippen LogP contribution in [0.15, 0.2) is 72.1 Å². The third-order valence-electron chi connectivity index (χ3n) is 6.12. The fourth-order valence-electron chi connectivity index (χ4n) is 4.02. The number of carbonyl (C=O) groups excluding carboxylic acids is 3. The second-order valence-electron chi connectivity index (χ2n) is 10.4. The van der Waals surface area contributed by atoms with Crippen LogP contribution in [0.3, 0.4) is 0 Å². The van der Waals surface area contributed by atoms with Crippen molar-refractivity contribution in [3.05, 3.63) is 77.6 Å². The molecule has 3 N–H and O–H groups in total. The summed E-state index contributed by atoms with van der Waals surface area (Å²) < 4.78 is 10.4. The summed E-state index contributed by atoms with van der Waals surface area (Å²) in [6, 6.07) is 6.50. The van der Waals surface area contributed by atoms with Crippen molar-refractivity contribution < 1.29 is 29.0 Å². The SMILES string of the molecule is COC1=CCC(C(C)C=C(C)C=CC=CC(=O)NC(C(=O)Nc2ccccc2CCO)C(C)(C)C)OC1=O. The lowest BCUT2D eigenvalue weighted by Gasteiger charge is -2.30. The molecule has 3 unspecified atom stereocenters. The van der Waals surface area contributed by atoms with Gasteiger partial charge in [0.1, 0.15) is 12.1 Å². The predicted octanol–water partition coefficient (Wildman–Crippen LogP) is 4.23. The highest BCUT2D eigenvalue weighted by Gasteiger charge is 2.32. The minimum Gasteiger partial charge on any atom is -0.490 e. The molecule has 2 rings (SSSR count). The van der Waals surface area contributed by atoms with Gasteiger partial charge >= 0.3 is 5.97 Å². The van der Waals surface area contributed by atoms with Gasteiger partial charge in [0.2, 0.25) is 11.8 Å². The van der Waals surface area contributed by atoms with Gasteiger partial charge in [-0.05, 0) is 36.5 Å². The van der Waals surface area contributed by atoms with Gasteiger partial charge in [-0.2, -0.15) is 0 Å². The minimum atomic E-state index is -0.779. The molecule has 1 heterocycles. The summed E-state index contributed by atoms with van der Waals surface area (Å²) in [5.41, 5.74) is 1.85. The molecule has 3 atom stereocenters. The molecule has 0 aliphatic carbocycles. The van der Waals surface area contributed by atoms with Crippen LogP contribution < -0.4 is 10.6 Å². The molecule has 38 heavy (non-hydrogen) atoms. The smallest absolute Gasteiger partial charge is 0.373 e. The number of nitrogens with one attached hydrogen (secondary N) is 2. The molecular formula is C30H40N2O6. The maximum atomic E-state index is 13.1. The van der Waals surface area contributed by atoms with E-state index in [0.717, 1.165) is 11.1 Å². The molecule has 8 nitrogen and oxygen atoms in total. The number of methoxy groups -OCH3 is 1. The number of ether oxygens (including phenoxy) is 2. The molecule has 0 bridgehead atoms. The zero-order valence-electron chi connectivity index (χ0n) is 23.1. The Bertz CT molecular complexity index is 1110. The molecule has 0 spiro atoms. The van der Waals surface area contributed by atoms with E-state index in [-0.39, 0.29) is 30.3 Å². The highest BCUT2D eigenvalue weighted by molar-refractivity contribution is 6.00. The average Bonchev–Trinajstić information content (AvgIpc) is 2.85. The van der Waals surface area contributed by atoms with Gasteiger partial charge in [0, 0.05) is 30.7 Å². The van der Waals surface area contributed by atoms with Gasteiger partial charge in [0.25, 0.3) is 0 Å². The van der Waals surface area contributed by atoms with E-state index in [4.69, 9.17) is 9.47 Å². The number of esters is 1. The third kappa shape index (κ3) is 9.34. The highest BCUT2D eigenvalue weighted by atomic mass is 16.6. The summed E-state index contributed by atoms with van der Waals surface area (Å²) in [6.45, 7) is 9.52. The van der Waals surface area contributed by atoms with E-state index in [1.807, 2.05) is 65.0 Å². The number of allylic oxidation sites excluding steroid dienone is 4. The molecule has 1 aromatic carbocycles. The summed E-state index contributed by atoms with van der Waals surface area (Å²) in [7, 11) is 1.44. The van der Waals surface area contributed by atoms with Crippen molar-refractivity contribution in [2.75, 3.05) is 19.0 Å². The fraction of sp³-hybridized carbons (Fsp3) is 0.433. The Morgan fingerprint density at radius 2 is 1.89 bits per heavy atom. The molecular weight excluding hydrogens is 484 g/mol. The van der Waals surface area contributed by atoms with Gasteiger partial charge in [-0.25, -0.2) is 4.79 Å². The number of amides is 2. The Morgan fingerprint density at radius 1 is 1.21 bits per heavy atom. The summed E-state index contributed by atoms with van der Waals surface area (Å²) in [5, 5.41) is 15.0. The molecule has 0 radical (unpaired) electrons. The molecule has 0 saturated heterocycles. The second kappa shape index (κ2) is 14.3. The molecule has 0 aromatic heterocycles. The number of aliphatic hydroxyl groups is 1. The zero-order valence-corrected chi connectivity index (χ0v) is 23.1. The maximum absolute atomic E-state index is 13.1. The highest BCUT2D eigenvalue weighted by Crippen LogP contribution is 2.24. The number of hydrogen-bond donors (Lipinski definition) is 3. The topological polar surface area (TPSA) is 114 Å². The van der Waals surface area contributed by atoms with Crippen molar-refractivity contribution in [3.63, 3.8) is 0 Å². The fourth-order valence-corrected chi connectivity index (χ4v) is 4.02. The second-order valence-corrected chi connectivity index (χ2v) is 10.4. The maximum Gasteiger partial charge on any atom is 0.373 e. The van der Waals surface area contributed by atoms with Crippen LogP contribution in [0.4, 0.5) is 5.69 Å². The van der Waals surface area contributed by atoms with E-state index in [2.05, 4.69) is 10.6 Å². The standard InChI is InChI=1S/C30H40N2O6/c1-20(19-21(2)24-15-16-25(37-6)29(36)38-24)11-7-10-14-26(34)32-27(30(3,4)5)28(35)31-23-13-9-8-12-22(23)17-18-33/h7-14,16,19,21,24,27,33H,15,17-18H2,1-6H3,(H,31,35)(H,32,34). The first-order valence-corrected chi connectivity index (χ1v) is 12.7. The van der Waals surface area contributed by atoms with Crippen LogP contribution in [0, 0.1) is 11.3 Å². The van der Waals surface area contributed by atoms with Crippen molar-refractivity contribution >= 4 is 23.5 Å². The number of para-hydroxylation sites is 1. The number of aliphatic hydroxyl groups excluding tert-OH is 1. The Morgan fingerprint density at radius 3 is 2.53 bits per heavy atom. The summed E-state index contributed by atoms with van der Waals surface area (Å²) in [5.74, 6) is -0.945. The Balaban J connectivity index is 1.98. The number of cyclic esters (lactones) is 1. The van der Waals surface area contributed by atoms with Crippen molar-refractivity contribution in [1.29, 1.82) is 0 Å². The largest absolute Gasteiger partial charge is 0.490 e. The molecule has 1 aliphatic heterocycles. The molecule has 1 aromatic rings. The van der Waals surface area contributed by atoms with E-state index in [1.54, 1.807) is 24.3 Å². The zero-order chi connectivity index (χ0) is 28.3. The third-order valence-corrected chi connectivity index (χ3v) is 6.12. The number of hydrogen-bond acceptors (Lipinski definition) is 6. The number of rotatable bonds is 11. The van der Waals surface area contributed by atoms with Crippen molar-refractivity contribution in [1.82, 2.24) is 5.32 Å².